The summed E-state index contributed by atoms with van der Waals surface area (Å²) in [5, 5.41) is 12.4. The third kappa shape index (κ3) is 4.35. The Morgan fingerprint density at radius 3 is 2.65 bits per heavy atom. The first-order chi connectivity index (χ1) is 9.22. The van der Waals surface area contributed by atoms with E-state index in [9.17, 15) is 0 Å². The topological polar surface area (TPSA) is 47.7 Å². The number of hydrogen-bond donors (Lipinski definition) is 1. The molecule has 0 spiro atoms. The van der Waals surface area contributed by atoms with Crippen LogP contribution in [0.5, 0.6) is 0 Å². The summed E-state index contributed by atoms with van der Waals surface area (Å²) in [6.07, 6.45) is 3.12. The van der Waals surface area contributed by atoms with Crippen LogP contribution in [0.1, 0.15) is 37.4 Å². The van der Waals surface area contributed by atoms with Gasteiger partial charge in [-0.2, -0.15) is 10.2 Å². The van der Waals surface area contributed by atoms with E-state index in [0.29, 0.717) is 0 Å². The van der Waals surface area contributed by atoms with Crippen molar-refractivity contribution in [2.24, 2.45) is 0 Å². The van der Waals surface area contributed by atoms with Crippen LogP contribution in [-0.4, -0.2) is 19.6 Å². The van der Waals surface area contributed by atoms with Gasteiger partial charge < -0.3 is 5.32 Å². The van der Waals surface area contributed by atoms with E-state index >= 15 is 0 Å². The molecule has 0 radical (unpaired) electrons. The normalized spacial score (nSPS) is 10.6. The fourth-order valence-corrected chi connectivity index (χ4v) is 2.14. The van der Waals surface area contributed by atoms with E-state index in [0.717, 1.165) is 44.0 Å². The van der Waals surface area contributed by atoms with Gasteiger partial charge in [-0.25, -0.2) is 0 Å². The molecule has 0 aromatic carbocycles. The van der Waals surface area contributed by atoms with Gasteiger partial charge in [-0.05, 0) is 32.4 Å². The van der Waals surface area contributed by atoms with E-state index in [2.05, 4.69) is 46.2 Å². The molecule has 2 rings (SSSR count). The van der Waals surface area contributed by atoms with Crippen LogP contribution in [0.4, 0.5) is 0 Å². The van der Waals surface area contributed by atoms with Gasteiger partial charge in [0.05, 0.1) is 17.1 Å². The lowest BCUT2D eigenvalue weighted by molar-refractivity contribution is 0.543. The minimum Gasteiger partial charge on any atom is -0.305 e. The lowest BCUT2D eigenvalue weighted by Crippen LogP contribution is -2.17. The van der Waals surface area contributed by atoms with Crippen molar-refractivity contribution in [2.45, 2.75) is 53.4 Å². The summed E-state index contributed by atoms with van der Waals surface area (Å²) < 4.78 is 4.04. The minimum atomic E-state index is 0. The van der Waals surface area contributed by atoms with E-state index < -0.39 is 0 Å². The molecule has 0 bridgehead atoms. The van der Waals surface area contributed by atoms with Crippen molar-refractivity contribution < 1.29 is 0 Å². The van der Waals surface area contributed by atoms with Gasteiger partial charge in [0.15, 0.2) is 0 Å². The van der Waals surface area contributed by atoms with E-state index in [4.69, 9.17) is 0 Å². The van der Waals surface area contributed by atoms with Crippen LogP contribution in [0.25, 0.3) is 0 Å². The zero-order chi connectivity index (χ0) is 13.7. The number of nitrogens with one attached hydrogen (secondary N) is 1. The maximum absolute atomic E-state index is 4.50. The highest BCUT2D eigenvalue weighted by Crippen LogP contribution is 2.05. The van der Waals surface area contributed by atoms with Gasteiger partial charge in [-0.1, -0.05) is 6.92 Å². The second kappa shape index (κ2) is 8.07. The number of nitrogens with zero attached hydrogens (tertiary/aromatic N) is 4. The summed E-state index contributed by atoms with van der Waals surface area (Å²) in [6, 6.07) is 4.21. The van der Waals surface area contributed by atoms with Crippen LogP contribution in [0.3, 0.4) is 0 Å². The second-order valence-electron chi connectivity index (χ2n) is 4.77. The molecule has 0 saturated carbocycles. The Kier molecular flexibility index (Phi) is 6.75. The Morgan fingerprint density at radius 2 is 2.00 bits per heavy atom. The van der Waals surface area contributed by atoms with Crippen LogP contribution in [0, 0.1) is 6.92 Å². The summed E-state index contributed by atoms with van der Waals surface area (Å²) in [7, 11) is 0. The van der Waals surface area contributed by atoms with Crippen molar-refractivity contribution in [3.63, 3.8) is 0 Å². The Hall–Kier alpha value is -1.33. The highest BCUT2D eigenvalue weighted by Gasteiger charge is 2.05. The molecule has 5 nitrogen and oxygen atoms in total. The van der Waals surface area contributed by atoms with Crippen molar-refractivity contribution >= 4 is 12.4 Å². The van der Waals surface area contributed by atoms with E-state index in [-0.39, 0.29) is 12.4 Å². The van der Waals surface area contributed by atoms with Gasteiger partial charge in [0.1, 0.15) is 0 Å². The SMILES string of the molecule is CCCn1nc(C)cc1CNCc1ccn(CC)n1.Cl. The molecule has 2 aromatic rings. The number of rotatable bonds is 7. The molecule has 0 fully saturated rings. The van der Waals surface area contributed by atoms with Crippen molar-refractivity contribution in [2.75, 3.05) is 0 Å². The average molecular weight is 298 g/mol. The Morgan fingerprint density at radius 1 is 1.20 bits per heavy atom. The van der Waals surface area contributed by atoms with Crippen molar-refractivity contribution in [1.29, 1.82) is 0 Å². The molecule has 2 aromatic heterocycles. The molecule has 6 heteroatoms. The van der Waals surface area contributed by atoms with E-state index in [1.807, 2.05) is 17.8 Å². The Balaban J connectivity index is 0.00000200. The molecule has 2 heterocycles. The summed E-state index contributed by atoms with van der Waals surface area (Å²) in [6.45, 7) is 9.83. The highest BCUT2D eigenvalue weighted by molar-refractivity contribution is 5.85. The van der Waals surface area contributed by atoms with Crippen molar-refractivity contribution in [3.05, 3.63) is 35.4 Å². The predicted octanol–water partition coefficient (Wildman–Crippen LogP) is 2.53. The predicted molar refractivity (Wildman–Crippen MR) is 82.9 cm³/mol. The molecule has 0 saturated heterocycles. The summed E-state index contributed by atoms with van der Waals surface area (Å²) in [5.41, 5.74) is 3.41. The van der Waals surface area contributed by atoms with Gasteiger partial charge >= 0.3 is 0 Å². The summed E-state index contributed by atoms with van der Waals surface area (Å²) in [5.74, 6) is 0. The molecular formula is C14H24ClN5. The zero-order valence-electron chi connectivity index (χ0n) is 12.5. The van der Waals surface area contributed by atoms with Crippen LogP contribution in [0.15, 0.2) is 18.3 Å². The third-order valence-electron chi connectivity index (χ3n) is 3.05. The number of aryl methyl sites for hydroxylation is 3. The summed E-state index contributed by atoms with van der Waals surface area (Å²) in [4.78, 5) is 0. The van der Waals surface area contributed by atoms with Gasteiger partial charge in [-0.15, -0.1) is 12.4 Å². The lowest BCUT2D eigenvalue weighted by atomic mass is 10.3. The number of halogens is 1. The van der Waals surface area contributed by atoms with Crippen molar-refractivity contribution in [1.82, 2.24) is 24.9 Å². The average Bonchev–Trinajstić information content (AvgIpc) is 2.97. The van der Waals surface area contributed by atoms with Gasteiger partial charge in [0.2, 0.25) is 0 Å². The zero-order valence-corrected chi connectivity index (χ0v) is 13.3. The largest absolute Gasteiger partial charge is 0.305 e. The first-order valence-electron chi connectivity index (χ1n) is 6.99. The Labute approximate surface area is 126 Å². The fourth-order valence-electron chi connectivity index (χ4n) is 2.14. The van der Waals surface area contributed by atoms with Gasteiger partial charge in [0, 0.05) is 32.4 Å². The van der Waals surface area contributed by atoms with Crippen LogP contribution in [0.2, 0.25) is 0 Å². The molecular weight excluding hydrogens is 274 g/mol. The molecule has 0 aliphatic carbocycles. The first-order valence-corrected chi connectivity index (χ1v) is 6.99. The van der Waals surface area contributed by atoms with Crippen molar-refractivity contribution in [3.8, 4) is 0 Å². The highest BCUT2D eigenvalue weighted by atomic mass is 35.5. The maximum Gasteiger partial charge on any atom is 0.0762 e. The molecule has 112 valence electrons. The van der Waals surface area contributed by atoms with Crippen LogP contribution >= 0.6 is 12.4 Å². The molecule has 1 N–H and O–H groups in total. The maximum atomic E-state index is 4.50. The fraction of sp³-hybridized carbons (Fsp3) is 0.571. The smallest absolute Gasteiger partial charge is 0.0762 e. The van der Waals surface area contributed by atoms with E-state index in [1.165, 1.54) is 5.69 Å². The standard InChI is InChI=1S/C14H23N5.ClH/c1-4-7-19-14(9-12(3)16-19)11-15-10-13-6-8-18(5-2)17-13;/h6,8-9,15H,4-5,7,10-11H2,1-3H3;1H. The first kappa shape index (κ1) is 16.7. The van der Waals surface area contributed by atoms with Gasteiger partial charge in [-0.3, -0.25) is 9.36 Å². The molecule has 20 heavy (non-hydrogen) atoms. The van der Waals surface area contributed by atoms with Crippen LogP contribution in [-0.2, 0) is 26.2 Å². The third-order valence-corrected chi connectivity index (χ3v) is 3.05. The number of hydrogen-bond acceptors (Lipinski definition) is 3. The summed E-state index contributed by atoms with van der Waals surface area (Å²) >= 11 is 0. The molecule has 0 aliphatic heterocycles. The molecule has 0 atom stereocenters. The molecule has 0 unspecified atom stereocenters. The number of aromatic nitrogens is 4. The second-order valence-corrected chi connectivity index (χ2v) is 4.77. The molecule has 0 aliphatic rings. The molecule has 0 amide bonds. The minimum absolute atomic E-state index is 0. The monoisotopic (exact) mass is 297 g/mol. The van der Waals surface area contributed by atoms with E-state index in [1.54, 1.807) is 0 Å². The lowest BCUT2D eigenvalue weighted by Gasteiger charge is -2.06. The van der Waals surface area contributed by atoms with Crippen LogP contribution < -0.4 is 5.32 Å². The van der Waals surface area contributed by atoms with Gasteiger partial charge in [0.25, 0.3) is 0 Å². The Bertz CT molecular complexity index is 517. The quantitative estimate of drug-likeness (QED) is 0.854.